The smallest absolute Gasteiger partial charge is 0.262 e. The first-order chi connectivity index (χ1) is 12.2. The van der Waals surface area contributed by atoms with Gasteiger partial charge in [0.15, 0.2) is 6.61 Å². The molecule has 1 aliphatic rings. The summed E-state index contributed by atoms with van der Waals surface area (Å²) in [6.07, 6.45) is 2.22. The first-order valence-electron chi connectivity index (χ1n) is 8.53. The Morgan fingerprint density at radius 1 is 1.16 bits per heavy atom. The van der Waals surface area contributed by atoms with Gasteiger partial charge in [-0.2, -0.15) is 0 Å². The normalized spacial score (nSPS) is 16.4. The molecule has 1 saturated heterocycles. The van der Waals surface area contributed by atoms with E-state index < -0.39 is 0 Å². The molecular formula is C20H23NO4. The Hall–Kier alpha value is -2.53. The summed E-state index contributed by atoms with van der Waals surface area (Å²) in [6.45, 7) is 3.24. The number of hydrogen-bond acceptors (Lipinski definition) is 4. The van der Waals surface area contributed by atoms with Gasteiger partial charge in [0.25, 0.3) is 5.91 Å². The lowest BCUT2D eigenvalue weighted by Gasteiger charge is -2.15. The third-order valence-corrected chi connectivity index (χ3v) is 4.00. The number of carbonyl (C=O) groups excluding carboxylic acids is 1. The van der Waals surface area contributed by atoms with Gasteiger partial charge in [0, 0.05) is 6.61 Å². The maximum absolute atomic E-state index is 12.1. The number of rotatable bonds is 7. The monoisotopic (exact) mass is 341 g/mol. The molecular weight excluding hydrogens is 318 g/mol. The highest BCUT2D eigenvalue weighted by atomic mass is 16.5. The molecule has 1 amide bonds. The number of ether oxygens (including phenoxy) is 3. The Morgan fingerprint density at radius 2 is 1.96 bits per heavy atom. The Bertz CT molecular complexity index is 693. The Kier molecular flexibility index (Phi) is 5.90. The van der Waals surface area contributed by atoms with E-state index in [1.165, 1.54) is 0 Å². The highest BCUT2D eigenvalue weighted by molar-refractivity contribution is 5.93. The van der Waals surface area contributed by atoms with E-state index in [1.807, 2.05) is 55.5 Å². The average Bonchev–Trinajstić information content (AvgIpc) is 3.14. The van der Waals surface area contributed by atoms with Crippen molar-refractivity contribution in [3.63, 3.8) is 0 Å². The molecule has 0 unspecified atom stereocenters. The highest BCUT2D eigenvalue weighted by Crippen LogP contribution is 2.25. The van der Waals surface area contributed by atoms with Gasteiger partial charge in [-0.05, 0) is 44.0 Å². The summed E-state index contributed by atoms with van der Waals surface area (Å²) in [7, 11) is 0. The van der Waals surface area contributed by atoms with Crippen LogP contribution in [0.5, 0.6) is 11.5 Å². The van der Waals surface area contributed by atoms with Crippen molar-refractivity contribution in [1.29, 1.82) is 0 Å². The molecule has 2 aromatic carbocycles. The van der Waals surface area contributed by atoms with Crippen LogP contribution in [0.3, 0.4) is 0 Å². The van der Waals surface area contributed by atoms with Crippen molar-refractivity contribution < 1.29 is 19.0 Å². The van der Waals surface area contributed by atoms with E-state index in [0.717, 1.165) is 25.0 Å². The van der Waals surface area contributed by atoms with Crippen LogP contribution >= 0.6 is 0 Å². The molecule has 0 spiro atoms. The molecule has 0 radical (unpaired) electrons. The standard InChI is InChI=1S/C20H23NO4/c1-15-8-10-16(11-9-15)24-14-20(22)21-18-6-2-3-7-19(18)25-13-17-5-4-12-23-17/h2-3,6-11,17H,4-5,12-14H2,1H3,(H,21,22)/t17-/m1/s1. The maximum atomic E-state index is 12.1. The van der Waals surface area contributed by atoms with Gasteiger partial charge in [0.1, 0.15) is 18.1 Å². The molecule has 0 bridgehead atoms. The lowest BCUT2D eigenvalue weighted by molar-refractivity contribution is -0.118. The van der Waals surface area contributed by atoms with Gasteiger partial charge in [-0.3, -0.25) is 4.79 Å². The van der Waals surface area contributed by atoms with E-state index in [1.54, 1.807) is 0 Å². The van der Waals surface area contributed by atoms with Crippen LogP contribution in [0.4, 0.5) is 5.69 Å². The zero-order chi connectivity index (χ0) is 17.5. The second-order valence-corrected chi connectivity index (χ2v) is 6.09. The van der Waals surface area contributed by atoms with Crippen molar-refractivity contribution in [2.45, 2.75) is 25.9 Å². The quantitative estimate of drug-likeness (QED) is 0.836. The van der Waals surface area contributed by atoms with Crippen LogP contribution < -0.4 is 14.8 Å². The van der Waals surface area contributed by atoms with Gasteiger partial charge in [-0.25, -0.2) is 0 Å². The van der Waals surface area contributed by atoms with E-state index in [2.05, 4.69) is 5.32 Å². The van der Waals surface area contributed by atoms with E-state index in [-0.39, 0.29) is 18.6 Å². The summed E-state index contributed by atoms with van der Waals surface area (Å²) >= 11 is 0. The molecule has 2 aromatic rings. The summed E-state index contributed by atoms with van der Waals surface area (Å²) < 4.78 is 16.9. The summed E-state index contributed by atoms with van der Waals surface area (Å²) in [5.74, 6) is 1.08. The Balaban J connectivity index is 1.52. The molecule has 3 rings (SSSR count). The van der Waals surface area contributed by atoms with E-state index in [0.29, 0.717) is 23.8 Å². The fourth-order valence-electron chi connectivity index (χ4n) is 2.62. The van der Waals surface area contributed by atoms with Gasteiger partial charge < -0.3 is 19.5 Å². The fraction of sp³-hybridized carbons (Fsp3) is 0.350. The lowest BCUT2D eigenvalue weighted by Crippen LogP contribution is -2.21. The Morgan fingerprint density at radius 3 is 2.72 bits per heavy atom. The first-order valence-corrected chi connectivity index (χ1v) is 8.53. The van der Waals surface area contributed by atoms with Crippen LogP contribution in [0.2, 0.25) is 0 Å². The number of aryl methyl sites for hydroxylation is 1. The number of amides is 1. The van der Waals surface area contributed by atoms with Crippen molar-refractivity contribution in [3.8, 4) is 11.5 Å². The molecule has 0 saturated carbocycles. The fourth-order valence-corrected chi connectivity index (χ4v) is 2.62. The largest absolute Gasteiger partial charge is 0.489 e. The predicted molar refractivity (Wildman–Crippen MR) is 96.2 cm³/mol. The van der Waals surface area contributed by atoms with E-state index >= 15 is 0 Å². The molecule has 1 atom stereocenters. The number of carbonyl (C=O) groups is 1. The first kappa shape index (κ1) is 17.3. The average molecular weight is 341 g/mol. The molecule has 5 heteroatoms. The summed E-state index contributed by atoms with van der Waals surface area (Å²) in [6, 6.07) is 15.0. The molecule has 5 nitrogen and oxygen atoms in total. The minimum atomic E-state index is -0.228. The summed E-state index contributed by atoms with van der Waals surface area (Å²) in [4.78, 5) is 12.1. The zero-order valence-corrected chi connectivity index (χ0v) is 14.4. The lowest BCUT2D eigenvalue weighted by atomic mass is 10.2. The predicted octanol–water partition coefficient (Wildman–Crippen LogP) is 3.57. The van der Waals surface area contributed by atoms with Crippen LogP contribution in [0.1, 0.15) is 18.4 Å². The second kappa shape index (κ2) is 8.53. The van der Waals surface area contributed by atoms with Crippen molar-refractivity contribution in [2.24, 2.45) is 0 Å². The molecule has 132 valence electrons. The van der Waals surface area contributed by atoms with Crippen LogP contribution in [0, 0.1) is 6.92 Å². The second-order valence-electron chi connectivity index (χ2n) is 6.09. The zero-order valence-electron chi connectivity index (χ0n) is 14.4. The van der Waals surface area contributed by atoms with E-state index in [4.69, 9.17) is 14.2 Å². The molecule has 0 aromatic heterocycles. The van der Waals surface area contributed by atoms with Gasteiger partial charge in [-0.15, -0.1) is 0 Å². The van der Waals surface area contributed by atoms with Crippen molar-refractivity contribution >= 4 is 11.6 Å². The third-order valence-electron chi connectivity index (χ3n) is 4.00. The third kappa shape index (κ3) is 5.22. The highest BCUT2D eigenvalue weighted by Gasteiger charge is 2.17. The number of para-hydroxylation sites is 2. The summed E-state index contributed by atoms with van der Waals surface area (Å²) in [5, 5.41) is 2.84. The Labute approximate surface area is 147 Å². The van der Waals surface area contributed by atoms with E-state index in [9.17, 15) is 4.79 Å². The molecule has 1 heterocycles. The molecule has 1 aliphatic heterocycles. The minimum absolute atomic E-state index is 0.0524. The number of anilines is 1. The van der Waals surface area contributed by atoms with Crippen LogP contribution in [0.15, 0.2) is 48.5 Å². The molecule has 25 heavy (non-hydrogen) atoms. The van der Waals surface area contributed by atoms with Gasteiger partial charge in [0.05, 0.1) is 11.8 Å². The SMILES string of the molecule is Cc1ccc(OCC(=O)Nc2ccccc2OC[C@H]2CCCO2)cc1. The van der Waals surface area contributed by atoms with Crippen molar-refractivity contribution in [1.82, 2.24) is 0 Å². The van der Waals surface area contributed by atoms with Gasteiger partial charge >= 0.3 is 0 Å². The van der Waals surface area contributed by atoms with Gasteiger partial charge in [-0.1, -0.05) is 29.8 Å². The number of nitrogens with one attached hydrogen (secondary N) is 1. The number of benzene rings is 2. The van der Waals surface area contributed by atoms with Crippen molar-refractivity contribution in [2.75, 3.05) is 25.1 Å². The minimum Gasteiger partial charge on any atom is -0.489 e. The number of hydrogen-bond donors (Lipinski definition) is 1. The molecule has 1 fully saturated rings. The molecule has 1 N–H and O–H groups in total. The summed E-state index contributed by atoms with van der Waals surface area (Å²) in [5.41, 5.74) is 1.78. The topological polar surface area (TPSA) is 56.8 Å². The van der Waals surface area contributed by atoms with Crippen molar-refractivity contribution in [3.05, 3.63) is 54.1 Å². The van der Waals surface area contributed by atoms with Gasteiger partial charge in [0.2, 0.25) is 0 Å². The van der Waals surface area contributed by atoms with Crippen LogP contribution in [-0.2, 0) is 9.53 Å². The molecule has 0 aliphatic carbocycles. The maximum Gasteiger partial charge on any atom is 0.262 e. The van der Waals surface area contributed by atoms with Crippen LogP contribution in [0.25, 0.3) is 0 Å². The van der Waals surface area contributed by atoms with Crippen LogP contribution in [-0.4, -0.2) is 31.8 Å².